The third-order valence-electron chi connectivity index (χ3n) is 3.99. The predicted octanol–water partition coefficient (Wildman–Crippen LogP) is 2.61. The van der Waals surface area contributed by atoms with Gasteiger partial charge in [-0.2, -0.15) is 0 Å². The van der Waals surface area contributed by atoms with Crippen molar-refractivity contribution in [3.8, 4) is 0 Å². The van der Waals surface area contributed by atoms with Crippen LogP contribution < -0.4 is 5.32 Å². The van der Waals surface area contributed by atoms with Crippen molar-refractivity contribution in [3.05, 3.63) is 28.5 Å². The fourth-order valence-corrected chi connectivity index (χ4v) is 3.15. The van der Waals surface area contributed by atoms with Gasteiger partial charge < -0.3 is 10.4 Å². The molecule has 1 aromatic rings. The van der Waals surface area contributed by atoms with Crippen molar-refractivity contribution < 1.29 is 14.7 Å². The monoisotopic (exact) mass is 340 g/mol. The predicted molar refractivity (Wildman–Crippen MR) is 77.4 cm³/mol. The molecule has 1 amide bonds. The van der Waals surface area contributed by atoms with Crippen molar-refractivity contribution in [2.45, 2.75) is 38.1 Å². The molecule has 0 aliphatic heterocycles. The van der Waals surface area contributed by atoms with Gasteiger partial charge in [0.15, 0.2) is 0 Å². The number of carboxylic acids is 1. The highest BCUT2D eigenvalue weighted by molar-refractivity contribution is 9.10. The molecule has 0 radical (unpaired) electrons. The third-order valence-corrected chi connectivity index (χ3v) is 4.63. The molecule has 1 aliphatic carbocycles. The molecule has 0 spiro atoms. The van der Waals surface area contributed by atoms with Crippen LogP contribution in [0.5, 0.6) is 0 Å². The number of amides is 1. The van der Waals surface area contributed by atoms with Gasteiger partial charge >= 0.3 is 5.97 Å². The zero-order chi connectivity index (χ0) is 14.8. The van der Waals surface area contributed by atoms with E-state index in [1.165, 1.54) is 6.20 Å². The molecule has 0 saturated heterocycles. The summed E-state index contributed by atoms with van der Waals surface area (Å²) in [6.07, 6.45) is 4.58. The summed E-state index contributed by atoms with van der Waals surface area (Å²) in [5.74, 6) is -1.51. The van der Waals surface area contributed by atoms with Crippen molar-refractivity contribution >= 4 is 27.8 Å². The van der Waals surface area contributed by atoms with E-state index in [4.69, 9.17) is 0 Å². The maximum absolute atomic E-state index is 12.3. The van der Waals surface area contributed by atoms with E-state index in [2.05, 4.69) is 26.2 Å². The molecule has 0 aromatic carbocycles. The Kier molecular flexibility index (Phi) is 4.42. The van der Waals surface area contributed by atoms with E-state index in [1.54, 1.807) is 12.1 Å². The Labute approximate surface area is 125 Å². The van der Waals surface area contributed by atoms with Crippen molar-refractivity contribution in [3.63, 3.8) is 0 Å². The Morgan fingerprint density at radius 1 is 1.50 bits per heavy atom. The standard InChI is InChI=1S/C14H17BrN2O3/c1-9-5-2-3-7-14(9,13(19)20)17-12(18)11-10(15)6-4-8-16-11/h4,6,8-9H,2-3,5,7H2,1H3,(H,17,18)(H,19,20). The van der Waals surface area contributed by atoms with Crippen LogP contribution >= 0.6 is 15.9 Å². The van der Waals surface area contributed by atoms with E-state index < -0.39 is 17.4 Å². The maximum atomic E-state index is 12.3. The lowest BCUT2D eigenvalue weighted by atomic mass is 9.73. The number of pyridine rings is 1. The summed E-state index contributed by atoms with van der Waals surface area (Å²) in [5, 5.41) is 12.3. The number of carboxylic acid groups (broad SMARTS) is 1. The fourth-order valence-electron chi connectivity index (χ4n) is 2.72. The molecule has 1 saturated carbocycles. The first-order chi connectivity index (χ1) is 9.47. The smallest absolute Gasteiger partial charge is 0.329 e. The van der Waals surface area contributed by atoms with Crippen LogP contribution in [0.15, 0.2) is 22.8 Å². The number of aliphatic carboxylic acids is 1. The number of nitrogens with zero attached hydrogens (tertiary/aromatic N) is 1. The SMILES string of the molecule is CC1CCCCC1(NC(=O)c1ncccc1Br)C(=O)O. The van der Waals surface area contributed by atoms with Gasteiger partial charge in [0.2, 0.25) is 0 Å². The first kappa shape index (κ1) is 15.0. The Balaban J connectivity index is 2.27. The number of halogens is 1. The first-order valence-electron chi connectivity index (χ1n) is 6.64. The van der Waals surface area contributed by atoms with Crippen LogP contribution in [0.4, 0.5) is 0 Å². The Morgan fingerprint density at radius 3 is 2.85 bits per heavy atom. The molecule has 2 atom stereocenters. The lowest BCUT2D eigenvalue weighted by Gasteiger charge is -2.39. The Bertz CT molecular complexity index is 535. The number of aromatic nitrogens is 1. The topological polar surface area (TPSA) is 79.3 Å². The highest BCUT2D eigenvalue weighted by Gasteiger charge is 2.46. The van der Waals surface area contributed by atoms with Gasteiger partial charge in [-0.25, -0.2) is 9.78 Å². The normalized spacial score (nSPS) is 26.0. The summed E-state index contributed by atoms with van der Waals surface area (Å²) >= 11 is 3.26. The molecular weight excluding hydrogens is 324 g/mol. The van der Waals surface area contributed by atoms with Crippen LogP contribution in [0.1, 0.15) is 43.1 Å². The average molecular weight is 341 g/mol. The van der Waals surface area contributed by atoms with Crippen LogP contribution in [-0.4, -0.2) is 27.5 Å². The van der Waals surface area contributed by atoms with E-state index in [9.17, 15) is 14.7 Å². The number of nitrogens with one attached hydrogen (secondary N) is 1. The molecule has 1 aliphatic rings. The van der Waals surface area contributed by atoms with Crippen LogP contribution in [0.2, 0.25) is 0 Å². The van der Waals surface area contributed by atoms with Gasteiger partial charge in [0.25, 0.3) is 5.91 Å². The molecule has 5 nitrogen and oxygen atoms in total. The number of hydrogen-bond donors (Lipinski definition) is 2. The molecule has 1 aromatic heterocycles. The number of carbonyl (C=O) groups excluding carboxylic acids is 1. The largest absolute Gasteiger partial charge is 0.479 e. The van der Waals surface area contributed by atoms with Gasteiger partial charge in [-0.1, -0.05) is 19.8 Å². The van der Waals surface area contributed by atoms with Gasteiger partial charge in [0.1, 0.15) is 11.2 Å². The lowest BCUT2D eigenvalue weighted by Crippen LogP contribution is -2.60. The van der Waals surface area contributed by atoms with Gasteiger partial charge in [-0.15, -0.1) is 0 Å². The second kappa shape index (κ2) is 5.91. The molecular formula is C14H17BrN2O3. The molecule has 2 rings (SSSR count). The minimum atomic E-state index is -1.19. The van der Waals surface area contributed by atoms with Gasteiger partial charge in [-0.3, -0.25) is 4.79 Å². The van der Waals surface area contributed by atoms with Crippen LogP contribution in [-0.2, 0) is 4.79 Å². The van der Waals surface area contributed by atoms with Crippen LogP contribution in [0.3, 0.4) is 0 Å². The van der Waals surface area contributed by atoms with Crippen LogP contribution in [0, 0.1) is 5.92 Å². The van der Waals surface area contributed by atoms with E-state index in [0.29, 0.717) is 10.9 Å². The summed E-state index contributed by atoms with van der Waals surface area (Å²) in [7, 11) is 0. The minimum absolute atomic E-state index is 0.0970. The highest BCUT2D eigenvalue weighted by atomic mass is 79.9. The molecule has 2 unspecified atom stereocenters. The summed E-state index contributed by atoms with van der Waals surface area (Å²) in [6, 6.07) is 3.41. The number of rotatable bonds is 3. The van der Waals surface area contributed by atoms with E-state index >= 15 is 0 Å². The van der Waals surface area contributed by atoms with Crippen molar-refractivity contribution in [1.29, 1.82) is 0 Å². The van der Waals surface area contributed by atoms with Crippen molar-refractivity contribution in [2.24, 2.45) is 5.92 Å². The summed E-state index contributed by atoms with van der Waals surface area (Å²) in [6.45, 7) is 1.88. The van der Waals surface area contributed by atoms with E-state index in [1.807, 2.05) is 6.92 Å². The lowest BCUT2D eigenvalue weighted by molar-refractivity contribution is -0.148. The second-order valence-electron chi connectivity index (χ2n) is 5.21. The second-order valence-corrected chi connectivity index (χ2v) is 6.07. The quantitative estimate of drug-likeness (QED) is 0.886. The molecule has 2 N–H and O–H groups in total. The van der Waals surface area contributed by atoms with E-state index in [0.717, 1.165) is 19.3 Å². The van der Waals surface area contributed by atoms with E-state index in [-0.39, 0.29) is 11.6 Å². The van der Waals surface area contributed by atoms with Crippen molar-refractivity contribution in [1.82, 2.24) is 10.3 Å². The molecule has 1 heterocycles. The summed E-state index contributed by atoms with van der Waals surface area (Å²) in [5.41, 5.74) is -0.974. The molecule has 20 heavy (non-hydrogen) atoms. The first-order valence-corrected chi connectivity index (χ1v) is 7.43. The van der Waals surface area contributed by atoms with Crippen molar-refractivity contribution in [2.75, 3.05) is 0 Å². The fraction of sp³-hybridized carbons (Fsp3) is 0.500. The number of hydrogen-bond acceptors (Lipinski definition) is 3. The molecule has 108 valence electrons. The maximum Gasteiger partial charge on any atom is 0.329 e. The summed E-state index contributed by atoms with van der Waals surface area (Å²) < 4.78 is 0.557. The average Bonchev–Trinajstić information content (AvgIpc) is 2.41. The minimum Gasteiger partial charge on any atom is -0.479 e. The van der Waals surface area contributed by atoms with Gasteiger partial charge in [0.05, 0.1) is 0 Å². The van der Waals surface area contributed by atoms with Gasteiger partial charge in [-0.05, 0) is 46.8 Å². The highest BCUT2D eigenvalue weighted by Crippen LogP contribution is 2.34. The van der Waals surface area contributed by atoms with Gasteiger partial charge in [0, 0.05) is 10.7 Å². The summed E-state index contributed by atoms with van der Waals surface area (Å²) in [4.78, 5) is 28.0. The van der Waals surface area contributed by atoms with Crippen LogP contribution in [0.25, 0.3) is 0 Å². The Morgan fingerprint density at radius 2 is 2.25 bits per heavy atom. The zero-order valence-corrected chi connectivity index (χ0v) is 12.8. The molecule has 0 bridgehead atoms. The third kappa shape index (κ3) is 2.70. The number of carbonyl (C=O) groups is 2. The molecule has 1 fully saturated rings. The molecule has 6 heteroatoms. The Hall–Kier alpha value is -1.43. The zero-order valence-electron chi connectivity index (χ0n) is 11.2.